The molecule has 8 heteroatoms. The normalized spacial score (nSPS) is 20.9. The van der Waals surface area contributed by atoms with E-state index in [0.29, 0.717) is 43.4 Å². The molecule has 4 amide bonds. The molecule has 2 aliphatic rings. The average molecular weight is 389 g/mol. The number of rotatable bonds is 7. The van der Waals surface area contributed by atoms with Crippen molar-refractivity contribution in [2.24, 2.45) is 0 Å². The Hall–Kier alpha value is -2.77. The molecule has 1 aromatic rings. The molecule has 3 rings (SSSR count). The van der Waals surface area contributed by atoms with Crippen LogP contribution in [0.3, 0.4) is 0 Å². The molecule has 152 valence electrons. The van der Waals surface area contributed by atoms with E-state index in [9.17, 15) is 14.4 Å². The fourth-order valence-corrected chi connectivity index (χ4v) is 3.53. The Morgan fingerprint density at radius 2 is 1.79 bits per heavy atom. The molecule has 0 aromatic heterocycles. The Morgan fingerprint density at radius 1 is 1.14 bits per heavy atom. The predicted molar refractivity (Wildman–Crippen MR) is 102 cm³/mol. The van der Waals surface area contributed by atoms with Crippen molar-refractivity contribution in [3.05, 3.63) is 23.8 Å². The van der Waals surface area contributed by atoms with E-state index in [4.69, 9.17) is 9.47 Å². The molecule has 0 aliphatic carbocycles. The van der Waals surface area contributed by atoms with Crippen molar-refractivity contribution in [1.82, 2.24) is 15.1 Å². The number of nitrogens with one attached hydrogen (secondary N) is 1. The minimum atomic E-state index is -1.26. The van der Waals surface area contributed by atoms with Gasteiger partial charge in [-0.05, 0) is 37.5 Å². The van der Waals surface area contributed by atoms with Crippen molar-refractivity contribution in [1.29, 1.82) is 0 Å². The van der Waals surface area contributed by atoms with Gasteiger partial charge in [-0.15, -0.1) is 0 Å². The zero-order chi connectivity index (χ0) is 20.3. The number of hydrogen-bond donors (Lipinski definition) is 1. The van der Waals surface area contributed by atoms with E-state index >= 15 is 0 Å². The number of urea groups is 1. The number of imide groups is 1. The Balaban J connectivity index is 1.79. The lowest BCUT2D eigenvalue weighted by Crippen LogP contribution is -2.45. The monoisotopic (exact) mass is 389 g/mol. The van der Waals surface area contributed by atoms with Crippen LogP contribution in [0.25, 0.3) is 0 Å². The van der Waals surface area contributed by atoms with Crippen molar-refractivity contribution in [3.8, 4) is 11.5 Å². The number of carbonyl (C=O) groups excluding carboxylic acids is 3. The first kappa shape index (κ1) is 20.0. The van der Waals surface area contributed by atoms with Crippen LogP contribution < -0.4 is 14.8 Å². The number of benzene rings is 1. The molecule has 0 unspecified atom stereocenters. The van der Waals surface area contributed by atoms with Crippen molar-refractivity contribution >= 4 is 17.8 Å². The van der Waals surface area contributed by atoms with Crippen LogP contribution in [0.1, 0.15) is 39.2 Å². The maximum Gasteiger partial charge on any atom is 0.325 e. The maximum atomic E-state index is 13.1. The summed E-state index contributed by atoms with van der Waals surface area (Å²) in [5.74, 6) is 0.477. The zero-order valence-corrected chi connectivity index (χ0v) is 16.6. The van der Waals surface area contributed by atoms with Crippen LogP contribution in [-0.4, -0.2) is 60.5 Å². The molecule has 28 heavy (non-hydrogen) atoms. The molecule has 8 nitrogen and oxygen atoms in total. The number of ether oxygens (including phenoxy) is 2. The third kappa shape index (κ3) is 3.63. The first-order valence-corrected chi connectivity index (χ1v) is 9.72. The number of fused-ring (bicyclic) bond motifs is 1. The molecule has 1 aromatic carbocycles. The van der Waals surface area contributed by atoms with Crippen LogP contribution >= 0.6 is 0 Å². The molecule has 0 radical (unpaired) electrons. The van der Waals surface area contributed by atoms with E-state index in [2.05, 4.69) is 5.32 Å². The Morgan fingerprint density at radius 3 is 2.43 bits per heavy atom. The Kier molecular flexibility index (Phi) is 5.76. The van der Waals surface area contributed by atoms with Gasteiger partial charge in [-0.2, -0.15) is 0 Å². The van der Waals surface area contributed by atoms with Gasteiger partial charge in [0.1, 0.15) is 25.3 Å². The summed E-state index contributed by atoms with van der Waals surface area (Å²) in [6, 6.07) is 4.60. The van der Waals surface area contributed by atoms with Gasteiger partial charge >= 0.3 is 6.03 Å². The number of nitrogens with zero attached hydrogens (tertiary/aromatic N) is 2. The van der Waals surface area contributed by atoms with Crippen molar-refractivity contribution < 1.29 is 23.9 Å². The van der Waals surface area contributed by atoms with Gasteiger partial charge < -0.3 is 19.7 Å². The topological polar surface area (TPSA) is 88.2 Å². The van der Waals surface area contributed by atoms with Crippen LogP contribution in [0.2, 0.25) is 0 Å². The predicted octanol–water partition coefficient (Wildman–Crippen LogP) is 1.87. The lowest BCUT2D eigenvalue weighted by Gasteiger charge is -2.26. The quantitative estimate of drug-likeness (QED) is 0.720. The molecule has 2 heterocycles. The van der Waals surface area contributed by atoms with Crippen molar-refractivity contribution in [2.45, 2.75) is 39.2 Å². The summed E-state index contributed by atoms with van der Waals surface area (Å²) in [5.41, 5.74) is -0.669. The van der Waals surface area contributed by atoms with Crippen LogP contribution in [0, 0.1) is 0 Å². The highest BCUT2D eigenvalue weighted by molar-refractivity contribution is 6.09. The second kappa shape index (κ2) is 8.08. The SMILES string of the molecule is CCCN(CCC)C(=O)CN1C(=O)N[C@](C)(c2ccc3c(c2)OCCO3)C1=O. The van der Waals surface area contributed by atoms with Gasteiger partial charge in [-0.3, -0.25) is 14.5 Å². The van der Waals surface area contributed by atoms with E-state index in [1.54, 1.807) is 30.0 Å². The summed E-state index contributed by atoms with van der Waals surface area (Å²) in [6.07, 6.45) is 1.64. The highest BCUT2D eigenvalue weighted by Crippen LogP contribution is 2.36. The standard InChI is InChI=1S/C20H27N3O5/c1-4-8-22(9-5-2)17(24)13-23-18(25)20(3,21-19(23)26)14-6-7-15-16(12-14)28-11-10-27-15/h6-7,12H,4-5,8-11,13H2,1-3H3,(H,21,26)/t20-/m1/s1. The van der Waals surface area contributed by atoms with Crippen molar-refractivity contribution in [3.63, 3.8) is 0 Å². The zero-order valence-electron chi connectivity index (χ0n) is 16.6. The molecule has 1 N–H and O–H groups in total. The number of hydrogen-bond acceptors (Lipinski definition) is 5. The molecule has 2 aliphatic heterocycles. The summed E-state index contributed by atoms with van der Waals surface area (Å²) < 4.78 is 11.1. The fraction of sp³-hybridized carbons (Fsp3) is 0.550. The smallest absolute Gasteiger partial charge is 0.325 e. The van der Waals surface area contributed by atoms with Crippen LogP contribution in [0.5, 0.6) is 11.5 Å². The lowest BCUT2D eigenvalue weighted by atomic mass is 9.91. The number of carbonyl (C=O) groups is 3. The minimum absolute atomic E-state index is 0.223. The van der Waals surface area contributed by atoms with Gasteiger partial charge in [0.2, 0.25) is 5.91 Å². The summed E-state index contributed by atoms with van der Waals surface area (Å²) in [6.45, 7) is 7.47. The molecule has 1 fully saturated rings. The van der Waals surface area contributed by atoms with Crippen molar-refractivity contribution in [2.75, 3.05) is 32.8 Å². The van der Waals surface area contributed by atoms with Gasteiger partial charge in [-0.25, -0.2) is 4.79 Å². The highest BCUT2D eigenvalue weighted by Gasteiger charge is 2.50. The van der Waals surface area contributed by atoms with E-state index in [-0.39, 0.29) is 12.5 Å². The molecule has 0 bridgehead atoms. The van der Waals surface area contributed by atoms with Gasteiger partial charge in [0, 0.05) is 13.1 Å². The van der Waals surface area contributed by atoms with Gasteiger partial charge in [0.15, 0.2) is 11.5 Å². The largest absolute Gasteiger partial charge is 0.486 e. The first-order valence-electron chi connectivity index (χ1n) is 9.72. The van der Waals surface area contributed by atoms with Gasteiger partial charge in [0.05, 0.1) is 0 Å². The van der Waals surface area contributed by atoms with E-state index in [1.165, 1.54) is 0 Å². The second-order valence-corrected chi connectivity index (χ2v) is 7.19. The maximum absolute atomic E-state index is 13.1. The van der Waals surface area contributed by atoms with E-state index in [0.717, 1.165) is 17.7 Å². The molecular weight excluding hydrogens is 362 g/mol. The molecule has 0 saturated carbocycles. The highest BCUT2D eigenvalue weighted by atomic mass is 16.6. The summed E-state index contributed by atoms with van der Waals surface area (Å²) in [7, 11) is 0. The van der Waals surface area contributed by atoms with E-state index in [1.807, 2.05) is 13.8 Å². The Labute approximate surface area is 164 Å². The number of amides is 4. The van der Waals surface area contributed by atoms with Crippen LogP contribution in [0.4, 0.5) is 4.79 Å². The first-order chi connectivity index (χ1) is 13.4. The molecule has 1 atom stereocenters. The second-order valence-electron chi connectivity index (χ2n) is 7.19. The molecule has 1 saturated heterocycles. The van der Waals surface area contributed by atoms with Crippen LogP contribution in [-0.2, 0) is 15.1 Å². The third-order valence-corrected chi connectivity index (χ3v) is 5.03. The molecular formula is C20H27N3O5. The van der Waals surface area contributed by atoms with E-state index < -0.39 is 17.5 Å². The van der Waals surface area contributed by atoms with Gasteiger partial charge in [-0.1, -0.05) is 19.9 Å². The summed E-state index contributed by atoms with van der Waals surface area (Å²) >= 11 is 0. The Bertz CT molecular complexity index is 775. The minimum Gasteiger partial charge on any atom is -0.486 e. The third-order valence-electron chi connectivity index (χ3n) is 5.03. The average Bonchev–Trinajstić information content (AvgIpc) is 2.91. The summed E-state index contributed by atoms with van der Waals surface area (Å²) in [4.78, 5) is 40.9. The van der Waals surface area contributed by atoms with Crippen LogP contribution in [0.15, 0.2) is 18.2 Å². The fourth-order valence-electron chi connectivity index (χ4n) is 3.53. The molecule has 0 spiro atoms. The lowest BCUT2D eigenvalue weighted by molar-refractivity contribution is -0.139. The summed E-state index contributed by atoms with van der Waals surface area (Å²) in [5, 5.41) is 2.73. The van der Waals surface area contributed by atoms with Gasteiger partial charge in [0.25, 0.3) is 5.91 Å².